The van der Waals surface area contributed by atoms with Gasteiger partial charge in [0.2, 0.25) is 0 Å². The second kappa shape index (κ2) is 9.35. The van der Waals surface area contributed by atoms with Crippen molar-refractivity contribution in [3.63, 3.8) is 0 Å². The van der Waals surface area contributed by atoms with E-state index >= 15 is 0 Å². The SMILES string of the molecule is Cl.Cl.FC(F)(F)C[C@@H](c1c(Cl)cncc1Cl)N1CCNCC1. The summed E-state index contributed by atoms with van der Waals surface area (Å²) in [6, 6.07) is -0.875. The number of nitrogens with one attached hydrogen (secondary N) is 1. The smallest absolute Gasteiger partial charge is 0.314 e. The van der Waals surface area contributed by atoms with Crippen LogP contribution in [0.4, 0.5) is 13.2 Å². The van der Waals surface area contributed by atoms with Gasteiger partial charge in [0.1, 0.15) is 0 Å². The molecule has 128 valence electrons. The molecule has 0 saturated carbocycles. The number of alkyl halides is 3. The third-order valence-corrected chi connectivity index (χ3v) is 3.84. The lowest BCUT2D eigenvalue weighted by molar-refractivity contribution is -0.148. The summed E-state index contributed by atoms with van der Waals surface area (Å²) in [5, 5.41) is 3.45. The maximum Gasteiger partial charge on any atom is 0.390 e. The van der Waals surface area contributed by atoms with E-state index in [4.69, 9.17) is 23.2 Å². The Labute approximate surface area is 149 Å². The van der Waals surface area contributed by atoms with Crippen molar-refractivity contribution in [2.45, 2.75) is 18.6 Å². The quantitative estimate of drug-likeness (QED) is 0.826. The molecular formula is C12H16Cl4F3N3. The number of piperazine rings is 1. The first-order valence-corrected chi connectivity index (χ1v) is 6.94. The van der Waals surface area contributed by atoms with Crippen LogP contribution in [0.25, 0.3) is 0 Å². The molecule has 1 atom stereocenters. The zero-order valence-corrected chi connectivity index (χ0v) is 14.5. The molecule has 1 aliphatic rings. The van der Waals surface area contributed by atoms with E-state index in [1.165, 1.54) is 12.4 Å². The van der Waals surface area contributed by atoms with E-state index in [0.29, 0.717) is 31.7 Å². The molecule has 0 unspecified atom stereocenters. The molecule has 22 heavy (non-hydrogen) atoms. The first-order chi connectivity index (χ1) is 9.38. The van der Waals surface area contributed by atoms with E-state index in [0.717, 1.165) is 0 Å². The molecule has 3 nitrogen and oxygen atoms in total. The lowest BCUT2D eigenvalue weighted by atomic mass is 10.0. The standard InChI is InChI=1S/C12H14Cl2F3N3.2ClH/c13-8-6-19-7-9(14)11(8)10(5-12(15,16)17)20-3-1-18-2-4-20;;/h6-7,10,18H,1-5H2;2*1H/t10-;;/m0../s1. The molecule has 1 aromatic heterocycles. The molecule has 1 aliphatic heterocycles. The van der Waals surface area contributed by atoms with E-state index in [-0.39, 0.29) is 34.9 Å². The van der Waals surface area contributed by atoms with Crippen LogP contribution >= 0.6 is 48.0 Å². The predicted molar refractivity (Wildman–Crippen MR) is 86.6 cm³/mol. The summed E-state index contributed by atoms with van der Waals surface area (Å²) in [6.07, 6.45) is -2.61. The lowest BCUT2D eigenvalue weighted by Crippen LogP contribution is -2.46. The molecule has 1 aromatic rings. The highest BCUT2D eigenvalue weighted by Crippen LogP contribution is 2.39. The number of nitrogens with zero attached hydrogens (tertiary/aromatic N) is 2. The van der Waals surface area contributed by atoms with Gasteiger partial charge < -0.3 is 5.32 Å². The van der Waals surface area contributed by atoms with Crippen molar-refractivity contribution in [1.82, 2.24) is 15.2 Å². The monoisotopic (exact) mass is 399 g/mol. The highest BCUT2D eigenvalue weighted by atomic mass is 35.5. The third-order valence-electron chi connectivity index (χ3n) is 3.24. The highest BCUT2D eigenvalue weighted by molar-refractivity contribution is 6.35. The molecule has 0 radical (unpaired) electrons. The Morgan fingerprint density at radius 1 is 1.14 bits per heavy atom. The topological polar surface area (TPSA) is 28.2 Å². The van der Waals surface area contributed by atoms with Crippen LogP contribution in [0.3, 0.4) is 0 Å². The van der Waals surface area contributed by atoms with Gasteiger partial charge in [-0.25, -0.2) is 0 Å². The first kappa shape index (κ1) is 22.0. The Morgan fingerprint density at radius 3 is 2.09 bits per heavy atom. The molecule has 0 amide bonds. The van der Waals surface area contributed by atoms with Crippen LogP contribution in [-0.2, 0) is 0 Å². The van der Waals surface area contributed by atoms with Crippen molar-refractivity contribution in [2.75, 3.05) is 26.2 Å². The fraction of sp³-hybridized carbons (Fsp3) is 0.583. The van der Waals surface area contributed by atoms with Crippen LogP contribution in [0.1, 0.15) is 18.0 Å². The van der Waals surface area contributed by atoms with Crippen LogP contribution in [0, 0.1) is 0 Å². The molecule has 1 N–H and O–H groups in total. The largest absolute Gasteiger partial charge is 0.390 e. The summed E-state index contributed by atoms with van der Waals surface area (Å²) in [7, 11) is 0. The molecule has 1 saturated heterocycles. The van der Waals surface area contributed by atoms with Gasteiger partial charge in [0.25, 0.3) is 0 Å². The van der Waals surface area contributed by atoms with E-state index in [1.54, 1.807) is 4.90 Å². The summed E-state index contributed by atoms with van der Waals surface area (Å²) >= 11 is 12.0. The molecule has 2 heterocycles. The second-order valence-corrected chi connectivity index (χ2v) is 5.45. The van der Waals surface area contributed by atoms with Gasteiger partial charge >= 0.3 is 6.18 Å². The normalized spacial score (nSPS) is 17.3. The molecule has 2 rings (SSSR count). The summed E-state index contributed by atoms with van der Waals surface area (Å²) in [5.74, 6) is 0. The molecule has 1 fully saturated rings. The molecule has 0 bridgehead atoms. The maximum atomic E-state index is 12.9. The third kappa shape index (κ3) is 5.91. The van der Waals surface area contributed by atoms with Gasteiger partial charge in [-0.2, -0.15) is 13.2 Å². The van der Waals surface area contributed by atoms with E-state index in [1.807, 2.05) is 0 Å². The van der Waals surface area contributed by atoms with Crippen molar-refractivity contribution in [3.8, 4) is 0 Å². The van der Waals surface area contributed by atoms with Gasteiger partial charge in [0, 0.05) is 50.2 Å². The predicted octanol–water partition coefficient (Wildman–Crippen LogP) is 4.13. The Hall–Kier alpha value is 0.0200. The summed E-state index contributed by atoms with van der Waals surface area (Å²) in [6.45, 7) is 2.34. The average Bonchev–Trinajstić information content (AvgIpc) is 2.37. The molecule has 0 spiro atoms. The summed E-state index contributed by atoms with van der Waals surface area (Å²) in [4.78, 5) is 5.55. The Bertz CT molecular complexity index is 447. The molecular weight excluding hydrogens is 385 g/mol. The number of halogens is 7. The Morgan fingerprint density at radius 2 is 1.64 bits per heavy atom. The van der Waals surface area contributed by atoms with Crippen LogP contribution < -0.4 is 5.32 Å². The van der Waals surface area contributed by atoms with Gasteiger partial charge in [-0.05, 0) is 0 Å². The van der Waals surface area contributed by atoms with Crippen molar-refractivity contribution in [1.29, 1.82) is 0 Å². The highest BCUT2D eigenvalue weighted by Gasteiger charge is 2.37. The van der Waals surface area contributed by atoms with Crippen LogP contribution in [0.15, 0.2) is 12.4 Å². The second-order valence-electron chi connectivity index (χ2n) is 4.64. The van der Waals surface area contributed by atoms with Crippen LogP contribution in [0.5, 0.6) is 0 Å². The van der Waals surface area contributed by atoms with Crippen LogP contribution in [-0.4, -0.2) is 42.2 Å². The van der Waals surface area contributed by atoms with E-state index in [9.17, 15) is 13.2 Å². The average molecular weight is 401 g/mol. The molecule has 10 heteroatoms. The Kier molecular flexibility index (Phi) is 9.36. The first-order valence-electron chi connectivity index (χ1n) is 6.19. The molecule has 0 aliphatic carbocycles. The van der Waals surface area contributed by atoms with Crippen molar-refractivity contribution in [2.24, 2.45) is 0 Å². The minimum atomic E-state index is -4.29. The number of hydrogen-bond donors (Lipinski definition) is 1. The van der Waals surface area contributed by atoms with Crippen molar-refractivity contribution in [3.05, 3.63) is 28.0 Å². The number of pyridine rings is 1. The van der Waals surface area contributed by atoms with Crippen molar-refractivity contribution < 1.29 is 13.2 Å². The minimum absolute atomic E-state index is 0. The number of rotatable bonds is 3. The zero-order valence-electron chi connectivity index (χ0n) is 11.4. The number of aromatic nitrogens is 1. The van der Waals surface area contributed by atoms with Gasteiger partial charge in [-0.3, -0.25) is 9.88 Å². The summed E-state index contributed by atoms with van der Waals surface area (Å²) < 4.78 is 38.6. The fourth-order valence-corrected chi connectivity index (χ4v) is 2.98. The van der Waals surface area contributed by atoms with Gasteiger partial charge in [0.05, 0.1) is 16.5 Å². The van der Waals surface area contributed by atoms with E-state index < -0.39 is 18.6 Å². The van der Waals surface area contributed by atoms with Crippen molar-refractivity contribution >= 4 is 48.0 Å². The minimum Gasteiger partial charge on any atom is -0.314 e. The fourth-order valence-electron chi connectivity index (χ4n) is 2.37. The van der Waals surface area contributed by atoms with Crippen LogP contribution in [0.2, 0.25) is 10.0 Å². The maximum absolute atomic E-state index is 12.9. The zero-order chi connectivity index (χ0) is 14.8. The lowest BCUT2D eigenvalue weighted by Gasteiger charge is -2.36. The summed E-state index contributed by atoms with van der Waals surface area (Å²) in [5.41, 5.74) is 0.308. The van der Waals surface area contributed by atoms with Gasteiger partial charge in [-0.1, -0.05) is 23.2 Å². The Balaban J connectivity index is 0.00000220. The van der Waals surface area contributed by atoms with E-state index in [2.05, 4.69) is 10.3 Å². The van der Waals surface area contributed by atoms with Gasteiger partial charge in [-0.15, -0.1) is 24.8 Å². The number of hydrogen-bond acceptors (Lipinski definition) is 3. The van der Waals surface area contributed by atoms with Gasteiger partial charge in [0.15, 0.2) is 0 Å². The molecule has 0 aromatic carbocycles.